The molecule has 0 aliphatic carbocycles. The molecule has 0 saturated heterocycles. The highest BCUT2D eigenvalue weighted by molar-refractivity contribution is 5.50. The smallest absolute Gasteiger partial charge is 0.399 e. The van der Waals surface area contributed by atoms with Crippen LogP contribution < -0.4 is 5.73 Å². The van der Waals surface area contributed by atoms with E-state index in [1.165, 1.54) is 6.07 Å². The van der Waals surface area contributed by atoms with Crippen molar-refractivity contribution >= 4 is 5.69 Å². The number of hydrogen-bond donors (Lipinski definition) is 1. The molecule has 0 fully saturated rings. The van der Waals surface area contributed by atoms with Crippen LogP contribution in [0.2, 0.25) is 0 Å². The van der Waals surface area contributed by atoms with Gasteiger partial charge in [0.2, 0.25) is 0 Å². The van der Waals surface area contributed by atoms with Gasteiger partial charge in [0.25, 0.3) is 0 Å². The first kappa shape index (κ1) is 9.46. The molecular formula is C9H6F3N. The molecule has 4 heteroatoms. The quantitative estimate of drug-likeness (QED) is 0.487. The molecule has 1 nitrogen and oxygen atoms in total. The van der Waals surface area contributed by atoms with Crippen molar-refractivity contribution in [2.75, 3.05) is 5.73 Å². The van der Waals surface area contributed by atoms with Gasteiger partial charge >= 0.3 is 6.18 Å². The highest BCUT2D eigenvalue weighted by Gasteiger charge is 2.30. The van der Waals surface area contributed by atoms with Crippen molar-refractivity contribution in [3.05, 3.63) is 29.3 Å². The molecule has 0 saturated carbocycles. The van der Waals surface area contributed by atoms with Gasteiger partial charge in [-0.05, 0) is 18.2 Å². The lowest BCUT2D eigenvalue weighted by Gasteiger charge is -2.07. The maximum atomic E-state index is 12.2. The van der Waals surface area contributed by atoms with Crippen LogP contribution in [0.5, 0.6) is 0 Å². The largest absolute Gasteiger partial charge is 0.416 e. The van der Waals surface area contributed by atoms with Crippen molar-refractivity contribution in [3.8, 4) is 12.3 Å². The van der Waals surface area contributed by atoms with E-state index in [2.05, 4.69) is 5.92 Å². The van der Waals surface area contributed by atoms with E-state index >= 15 is 0 Å². The number of hydrogen-bond acceptors (Lipinski definition) is 1. The summed E-state index contributed by atoms with van der Waals surface area (Å²) >= 11 is 0. The number of nitrogens with two attached hydrogens (primary N) is 1. The zero-order valence-electron chi connectivity index (χ0n) is 6.52. The molecule has 0 radical (unpaired) electrons. The number of anilines is 1. The zero-order valence-corrected chi connectivity index (χ0v) is 6.52. The summed E-state index contributed by atoms with van der Waals surface area (Å²) in [5.41, 5.74) is 4.57. The van der Waals surface area contributed by atoms with Crippen molar-refractivity contribution in [1.29, 1.82) is 0 Å². The molecule has 0 aliphatic rings. The van der Waals surface area contributed by atoms with Crippen molar-refractivity contribution in [2.24, 2.45) is 0 Å². The van der Waals surface area contributed by atoms with Gasteiger partial charge in [0, 0.05) is 11.3 Å². The molecule has 0 spiro atoms. The molecule has 0 aliphatic heterocycles. The van der Waals surface area contributed by atoms with Gasteiger partial charge in [-0.15, -0.1) is 6.42 Å². The number of benzene rings is 1. The Balaban J connectivity index is 3.26. The van der Waals surface area contributed by atoms with E-state index in [0.717, 1.165) is 12.1 Å². The molecule has 0 atom stereocenters. The standard InChI is InChI=1S/C9H6F3N/c1-2-6-3-7(9(10,11)12)5-8(13)4-6/h1,3-5H,13H2. The summed E-state index contributed by atoms with van der Waals surface area (Å²) in [6, 6.07) is 3.05. The first-order valence-corrected chi connectivity index (χ1v) is 3.38. The van der Waals surface area contributed by atoms with Crippen molar-refractivity contribution in [2.45, 2.75) is 6.18 Å². The van der Waals surface area contributed by atoms with Crippen molar-refractivity contribution in [3.63, 3.8) is 0 Å². The van der Waals surface area contributed by atoms with Crippen LogP contribution in [-0.2, 0) is 6.18 Å². The Morgan fingerprint density at radius 2 is 1.85 bits per heavy atom. The molecular weight excluding hydrogens is 179 g/mol. The maximum Gasteiger partial charge on any atom is 0.416 e. The zero-order chi connectivity index (χ0) is 10.1. The Kier molecular flexibility index (Phi) is 2.20. The van der Waals surface area contributed by atoms with E-state index in [-0.39, 0.29) is 11.3 Å². The third kappa shape index (κ3) is 2.15. The van der Waals surface area contributed by atoms with Crippen LogP contribution in [0.4, 0.5) is 18.9 Å². The fourth-order valence-corrected chi connectivity index (χ4v) is 0.899. The predicted molar refractivity (Wildman–Crippen MR) is 43.8 cm³/mol. The first-order chi connectivity index (χ1) is 5.93. The van der Waals surface area contributed by atoms with Gasteiger partial charge in [0.1, 0.15) is 0 Å². The van der Waals surface area contributed by atoms with Gasteiger partial charge < -0.3 is 5.73 Å². The summed E-state index contributed by atoms with van der Waals surface area (Å²) in [6.07, 6.45) is 0.556. The Bertz CT molecular complexity index is 360. The maximum absolute atomic E-state index is 12.2. The van der Waals surface area contributed by atoms with E-state index in [4.69, 9.17) is 12.2 Å². The van der Waals surface area contributed by atoms with E-state index < -0.39 is 11.7 Å². The summed E-state index contributed by atoms with van der Waals surface area (Å²) in [6.45, 7) is 0. The second-order valence-corrected chi connectivity index (χ2v) is 2.49. The Morgan fingerprint density at radius 1 is 1.23 bits per heavy atom. The number of rotatable bonds is 0. The average molecular weight is 185 g/mol. The fourth-order valence-electron chi connectivity index (χ4n) is 0.899. The second kappa shape index (κ2) is 3.02. The van der Waals surface area contributed by atoms with Crippen LogP contribution >= 0.6 is 0 Å². The van der Waals surface area contributed by atoms with Crippen LogP contribution in [-0.4, -0.2) is 0 Å². The van der Waals surface area contributed by atoms with Crippen LogP contribution in [0.1, 0.15) is 11.1 Å². The molecule has 0 amide bonds. The van der Waals surface area contributed by atoms with Crippen LogP contribution in [0.25, 0.3) is 0 Å². The highest BCUT2D eigenvalue weighted by atomic mass is 19.4. The minimum absolute atomic E-state index is 0.0165. The summed E-state index contributed by atoms with van der Waals surface area (Å²) in [4.78, 5) is 0. The summed E-state index contributed by atoms with van der Waals surface area (Å²) < 4.78 is 36.5. The topological polar surface area (TPSA) is 26.0 Å². The molecule has 0 bridgehead atoms. The molecule has 13 heavy (non-hydrogen) atoms. The molecule has 0 heterocycles. The van der Waals surface area contributed by atoms with Gasteiger partial charge in [-0.2, -0.15) is 13.2 Å². The number of halogens is 3. The normalized spacial score (nSPS) is 10.9. The Hall–Kier alpha value is -1.63. The molecule has 2 N–H and O–H groups in total. The van der Waals surface area contributed by atoms with E-state index in [1.54, 1.807) is 0 Å². The molecule has 0 unspecified atom stereocenters. The molecule has 1 rings (SSSR count). The van der Waals surface area contributed by atoms with Crippen LogP contribution in [0.3, 0.4) is 0 Å². The molecule has 68 valence electrons. The number of nitrogen functional groups attached to an aromatic ring is 1. The summed E-state index contributed by atoms with van der Waals surface area (Å²) in [5.74, 6) is 2.10. The van der Waals surface area contributed by atoms with Gasteiger partial charge in [0.15, 0.2) is 0 Å². The summed E-state index contributed by atoms with van der Waals surface area (Å²) in [7, 11) is 0. The summed E-state index contributed by atoms with van der Waals surface area (Å²) in [5, 5.41) is 0. The minimum atomic E-state index is -4.40. The van der Waals surface area contributed by atoms with Crippen LogP contribution in [0.15, 0.2) is 18.2 Å². The first-order valence-electron chi connectivity index (χ1n) is 3.38. The number of terminal acetylenes is 1. The number of alkyl halides is 3. The second-order valence-electron chi connectivity index (χ2n) is 2.49. The Morgan fingerprint density at radius 3 is 2.31 bits per heavy atom. The Labute approximate surface area is 73.4 Å². The van der Waals surface area contributed by atoms with Crippen LogP contribution in [0, 0.1) is 12.3 Å². The highest BCUT2D eigenvalue weighted by Crippen LogP contribution is 2.30. The van der Waals surface area contributed by atoms with Crippen molar-refractivity contribution in [1.82, 2.24) is 0 Å². The van der Waals surface area contributed by atoms with E-state index in [1.807, 2.05) is 0 Å². The van der Waals surface area contributed by atoms with Gasteiger partial charge in [-0.1, -0.05) is 5.92 Å². The van der Waals surface area contributed by atoms with Gasteiger partial charge in [-0.3, -0.25) is 0 Å². The molecule has 1 aromatic rings. The fraction of sp³-hybridized carbons (Fsp3) is 0.111. The van der Waals surface area contributed by atoms with Crippen molar-refractivity contribution < 1.29 is 13.2 Å². The van der Waals surface area contributed by atoms with Gasteiger partial charge in [0.05, 0.1) is 5.56 Å². The lowest BCUT2D eigenvalue weighted by Crippen LogP contribution is -2.06. The predicted octanol–water partition coefficient (Wildman–Crippen LogP) is 2.27. The third-order valence-corrected chi connectivity index (χ3v) is 1.45. The average Bonchev–Trinajstić information content (AvgIpc) is 2.01. The molecule has 1 aromatic carbocycles. The van der Waals surface area contributed by atoms with E-state index in [0.29, 0.717) is 0 Å². The third-order valence-electron chi connectivity index (χ3n) is 1.45. The van der Waals surface area contributed by atoms with E-state index in [9.17, 15) is 13.2 Å². The van der Waals surface area contributed by atoms with Gasteiger partial charge in [-0.25, -0.2) is 0 Å². The lowest BCUT2D eigenvalue weighted by atomic mass is 10.1. The monoisotopic (exact) mass is 185 g/mol. The molecule has 0 aromatic heterocycles. The lowest BCUT2D eigenvalue weighted by molar-refractivity contribution is -0.137. The SMILES string of the molecule is C#Cc1cc(N)cc(C(F)(F)F)c1. The minimum Gasteiger partial charge on any atom is -0.399 e.